The van der Waals surface area contributed by atoms with Gasteiger partial charge in [-0.25, -0.2) is 9.59 Å². The number of aromatic nitrogens is 3. The number of H-pyrrole nitrogens is 1. The zero-order chi connectivity index (χ0) is 22.1. The number of carbonyl (C=O) groups is 1. The highest BCUT2D eigenvalue weighted by Gasteiger charge is 2.35. The lowest BCUT2D eigenvalue weighted by atomic mass is 10.1. The Kier molecular flexibility index (Phi) is 5.63. The minimum Gasteiger partial charge on any atom is -0.394 e. The van der Waals surface area contributed by atoms with Crippen LogP contribution in [-0.2, 0) is 11.2 Å². The first-order valence-corrected chi connectivity index (χ1v) is 9.81. The van der Waals surface area contributed by atoms with E-state index in [2.05, 4.69) is 10.3 Å². The average Bonchev–Trinajstić information content (AvgIpc) is 3.28. The molecule has 4 rings (SSSR count). The summed E-state index contributed by atoms with van der Waals surface area (Å²) in [5, 5.41) is 22.7. The highest BCUT2D eigenvalue weighted by Crippen LogP contribution is 2.28. The summed E-state index contributed by atoms with van der Waals surface area (Å²) in [6.07, 6.45) is 1.20. The van der Waals surface area contributed by atoms with E-state index in [9.17, 15) is 24.6 Å². The van der Waals surface area contributed by atoms with E-state index in [1.807, 2.05) is 24.3 Å². The molecular weight excluding hydrogens is 406 g/mol. The Labute approximate surface area is 175 Å². The van der Waals surface area contributed by atoms with Crippen LogP contribution >= 0.6 is 0 Å². The number of nitrogens with one attached hydrogen (secondary N) is 2. The van der Waals surface area contributed by atoms with E-state index < -0.39 is 35.7 Å². The Morgan fingerprint density at radius 1 is 1.29 bits per heavy atom. The number of fused-ring (bicyclic) bond motifs is 1. The van der Waals surface area contributed by atoms with Crippen molar-refractivity contribution in [1.29, 1.82) is 0 Å². The van der Waals surface area contributed by atoms with Crippen molar-refractivity contribution in [3.8, 4) is 5.69 Å². The van der Waals surface area contributed by atoms with Crippen molar-refractivity contribution in [2.75, 3.05) is 13.2 Å². The molecule has 1 aliphatic rings. The number of nitrogens with zero attached hydrogens (tertiary/aromatic N) is 2. The van der Waals surface area contributed by atoms with Gasteiger partial charge in [0.2, 0.25) is 0 Å². The lowest BCUT2D eigenvalue weighted by Crippen LogP contribution is -2.34. The molecule has 0 aliphatic carbocycles. The van der Waals surface area contributed by atoms with Crippen LogP contribution in [0.1, 0.15) is 18.2 Å². The second-order valence-electron chi connectivity index (χ2n) is 7.38. The summed E-state index contributed by atoms with van der Waals surface area (Å²) in [6.45, 7) is -0.0525. The van der Waals surface area contributed by atoms with Crippen molar-refractivity contribution in [3.05, 3.63) is 63.1 Å². The summed E-state index contributed by atoms with van der Waals surface area (Å²) in [7, 11) is 0. The Bertz CT molecular complexity index is 1230. The van der Waals surface area contributed by atoms with E-state index in [0.717, 1.165) is 16.5 Å². The summed E-state index contributed by atoms with van der Waals surface area (Å²) in [6, 6.07) is 6.82. The highest BCUT2D eigenvalue weighted by atomic mass is 16.5. The molecule has 2 aromatic heterocycles. The van der Waals surface area contributed by atoms with E-state index in [1.54, 1.807) is 10.8 Å². The molecule has 0 spiro atoms. The molecule has 3 aromatic rings. The van der Waals surface area contributed by atoms with Gasteiger partial charge in [-0.2, -0.15) is 0 Å². The van der Waals surface area contributed by atoms with Crippen LogP contribution in [0.15, 0.2) is 46.2 Å². The minimum absolute atomic E-state index is 0.104. The van der Waals surface area contributed by atoms with Gasteiger partial charge in [0, 0.05) is 30.7 Å². The van der Waals surface area contributed by atoms with E-state index in [1.165, 1.54) is 10.8 Å². The fraction of sp³-hybridized carbons (Fsp3) is 0.350. The van der Waals surface area contributed by atoms with Crippen LogP contribution in [0.3, 0.4) is 0 Å². The molecule has 164 valence electrons. The monoisotopic (exact) mass is 429 g/mol. The smallest absolute Gasteiger partial charge is 0.330 e. The fourth-order valence-corrected chi connectivity index (χ4v) is 3.88. The van der Waals surface area contributed by atoms with Gasteiger partial charge in [0.1, 0.15) is 18.0 Å². The van der Waals surface area contributed by atoms with Gasteiger partial charge in [-0.05, 0) is 18.1 Å². The maximum atomic E-state index is 12.7. The van der Waals surface area contributed by atoms with E-state index in [0.29, 0.717) is 13.0 Å². The molecule has 0 bridgehead atoms. The first-order chi connectivity index (χ1) is 14.9. The molecule has 1 aromatic carbocycles. The normalized spacial score (nSPS) is 20.9. The van der Waals surface area contributed by atoms with Crippen LogP contribution in [0.2, 0.25) is 0 Å². The number of aliphatic hydroxyl groups excluding tert-OH is 2. The van der Waals surface area contributed by atoms with Gasteiger partial charge in [-0.1, -0.05) is 18.2 Å². The lowest BCUT2D eigenvalue weighted by molar-refractivity contribution is -0.0459. The fourth-order valence-electron chi connectivity index (χ4n) is 3.88. The summed E-state index contributed by atoms with van der Waals surface area (Å²) in [5.41, 5.74) is 5.69. The molecule has 0 unspecified atom stereocenters. The SMILES string of the molecule is NC(=O)NCCc1cn(-c2cn([C@H]3C[C@H](O)[C@@H](CO)O3)c(=O)[nH]c2=O)c2ccccc12. The molecule has 6 N–H and O–H groups in total. The number of hydrogen-bond acceptors (Lipinski definition) is 6. The van der Waals surface area contributed by atoms with Crippen LogP contribution in [0.25, 0.3) is 16.6 Å². The number of aliphatic hydroxyl groups is 2. The number of benzene rings is 1. The summed E-state index contributed by atoms with van der Waals surface area (Å²) in [5.74, 6) is 0. The minimum atomic E-state index is -0.922. The first kappa shape index (κ1) is 20.8. The number of para-hydroxylation sites is 1. The maximum absolute atomic E-state index is 12.7. The second-order valence-corrected chi connectivity index (χ2v) is 7.38. The van der Waals surface area contributed by atoms with Crippen LogP contribution < -0.4 is 22.3 Å². The Morgan fingerprint density at radius 3 is 2.77 bits per heavy atom. The molecule has 1 saturated heterocycles. The topological polar surface area (TPSA) is 165 Å². The third-order valence-corrected chi connectivity index (χ3v) is 5.39. The Hall–Kier alpha value is -3.41. The van der Waals surface area contributed by atoms with Gasteiger partial charge in [0.25, 0.3) is 5.56 Å². The predicted octanol–water partition coefficient (Wildman–Crippen LogP) is -0.668. The van der Waals surface area contributed by atoms with E-state index in [4.69, 9.17) is 10.5 Å². The number of ether oxygens (including phenoxy) is 1. The quantitative estimate of drug-likeness (QED) is 0.349. The number of aromatic amines is 1. The Balaban J connectivity index is 1.77. The molecule has 0 radical (unpaired) electrons. The van der Waals surface area contributed by atoms with Crippen molar-refractivity contribution in [2.24, 2.45) is 5.73 Å². The molecular formula is C20H23N5O6. The third kappa shape index (κ3) is 3.98. The molecule has 3 heterocycles. The zero-order valence-corrected chi connectivity index (χ0v) is 16.5. The van der Waals surface area contributed by atoms with Gasteiger partial charge < -0.3 is 30.6 Å². The lowest BCUT2D eigenvalue weighted by Gasteiger charge is -2.16. The van der Waals surface area contributed by atoms with Gasteiger partial charge in [0.05, 0.1) is 18.2 Å². The number of rotatable bonds is 6. The molecule has 11 nitrogen and oxygen atoms in total. The van der Waals surface area contributed by atoms with Gasteiger partial charge in [0.15, 0.2) is 0 Å². The van der Waals surface area contributed by atoms with Crippen molar-refractivity contribution in [3.63, 3.8) is 0 Å². The molecule has 0 saturated carbocycles. The third-order valence-electron chi connectivity index (χ3n) is 5.39. The van der Waals surface area contributed by atoms with Gasteiger partial charge in [-0.15, -0.1) is 0 Å². The molecule has 3 atom stereocenters. The van der Waals surface area contributed by atoms with Crippen molar-refractivity contribution < 1.29 is 19.7 Å². The molecule has 31 heavy (non-hydrogen) atoms. The summed E-state index contributed by atoms with van der Waals surface area (Å²) in [4.78, 5) is 38.3. The summed E-state index contributed by atoms with van der Waals surface area (Å²) < 4.78 is 8.44. The molecule has 11 heteroatoms. The van der Waals surface area contributed by atoms with E-state index >= 15 is 0 Å². The maximum Gasteiger partial charge on any atom is 0.330 e. The van der Waals surface area contributed by atoms with Crippen molar-refractivity contribution >= 4 is 16.9 Å². The number of carbonyl (C=O) groups excluding carboxylic acids is 1. The first-order valence-electron chi connectivity index (χ1n) is 9.81. The zero-order valence-electron chi connectivity index (χ0n) is 16.5. The average molecular weight is 429 g/mol. The summed E-state index contributed by atoms with van der Waals surface area (Å²) >= 11 is 0. The van der Waals surface area contributed by atoms with Crippen molar-refractivity contribution in [2.45, 2.75) is 31.3 Å². The van der Waals surface area contributed by atoms with Crippen LogP contribution in [0.5, 0.6) is 0 Å². The molecule has 2 amide bonds. The van der Waals surface area contributed by atoms with Crippen LogP contribution in [0.4, 0.5) is 4.79 Å². The number of hydrogen-bond donors (Lipinski definition) is 5. The molecule has 1 aliphatic heterocycles. The number of amides is 2. The van der Waals surface area contributed by atoms with Crippen LogP contribution in [0, 0.1) is 0 Å². The second kappa shape index (κ2) is 8.38. The number of nitrogens with two attached hydrogens (primary N) is 1. The van der Waals surface area contributed by atoms with E-state index in [-0.39, 0.29) is 18.7 Å². The highest BCUT2D eigenvalue weighted by molar-refractivity contribution is 5.85. The Morgan fingerprint density at radius 2 is 2.06 bits per heavy atom. The van der Waals surface area contributed by atoms with Gasteiger partial charge in [-0.3, -0.25) is 14.3 Å². The van der Waals surface area contributed by atoms with Gasteiger partial charge >= 0.3 is 11.7 Å². The van der Waals surface area contributed by atoms with Crippen molar-refractivity contribution in [1.82, 2.24) is 19.4 Å². The van der Waals surface area contributed by atoms with Crippen LogP contribution in [-0.4, -0.2) is 55.7 Å². The largest absolute Gasteiger partial charge is 0.394 e. The predicted molar refractivity (Wildman–Crippen MR) is 111 cm³/mol. The molecule has 1 fully saturated rings. The standard InChI is InChI=1S/C20H23N5O6/c21-19(29)22-6-5-11-8-24(13-4-2-1-3-12(11)13)14-9-25(20(30)23-18(14)28)17-7-15(27)16(10-26)31-17/h1-4,8-9,15-17,26-27H,5-7,10H2,(H3,21,22,29)(H,23,28,30)/t15-,16+,17+/m0/s1. The number of urea groups is 1. The number of primary amides is 1.